The highest BCUT2D eigenvalue weighted by Gasteiger charge is 2.29. The van der Waals surface area contributed by atoms with Crippen molar-refractivity contribution in [2.75, 3.05) is 0 Å². The first-order chi connectivity index (χ1) is 9.70. The van der Waals surface area contributed by atoms with Crippen LogP contribution in [0.1, 0.15) is 55.5 Å². The molecule has 0 unspecified atom stereocenters. The number of benzene rings is 1. The van der Waals surface area contributed by atoms with Crippen LogP contribution in [-0.4, -0.2) is 9.78 Å². The van der Waals surface area contributed by atoms with Gasteiger partial charge >= 0.3 is 0 Å². The summed E-state index contributed by atoms with van der Waals surface area (Å²) in [6.45, 7) is 4.41. The van der Waals surface area contributed by atoms with E-state index in [9.17, 15) is 0 Å². The minimum atomic E-state index is 0.385. The highest BCUT2D eigenvalue weighted by Crippen LogP contribution is 2.41. The molecular formula is C17H19N3. The summed E-state index contributed by atoms with van der Waals surface area (Å²) in [5, 5.41) is 13.6. The molecule has 1 aromatic heterocycles. The summed E-state index contributed by atoms with van der Waals surface area (Å²) in [6, 6.07) is 12.7. The fourth-order valence-corrected chi connectivity index (χ4v) is 2.65. The maximum atomic E-state index is 8.89. The lowest BCUT2D eigenvalue weighted by Crippen LogP contribution is -2.06. The van der Waals surface area contributed by atoms with Crippen LogP contribution in [0.3, 0.4) is 0 Å². The van der Waals surface area contributed by atoms with Gasteiger partial charge in [0.1, 0.15) is 0 Å². The Morgan fingerprint density at radius 3 is 2.75 bits per heavy atom. The first-order valence-corrected chi connectivity index (χ1v) is 7.25. The zero-order valence-corrected chi connectivity index (χ0v) is 12.0. The Morgan fingerprint density at radius 2 is 2.10 bits per heavy atom. The molecule has 0 atom stereocenters. The molecule has 0 spiro atoms. The Bertz CT molecular complexity index is 657. The van der Waals surface area contributed by atoms with Crippen LogP contribution in [0.4, 0.5) is 0 Å². The molecule has 0 amide bonds. The summed E-state index contributed by atoms with van der Waals surface area (Å²) in [4.78, 5) is 0. The van der Waals surface area contributed by atoms with Crippen molar-refractivity contribution < 1.29 is 0 Å². The SMILES string of the molecule is CC(C)c1ccccc1-n1nc(CC#N)cc1C1CC1. The molecule has 1 saturated carbocycles. The fraction of sp³-hybridized carbons (Fsp3) is 0.412. The number of hydrogen-bond donors (Lipinski definition) is 0. The zero-order valence-electron chi connectivity index (χ0n) is 12.0. The van der Waals surface area contributed by atoms with Crippen molar-refractivity contribution in [3.8, 4) is 11.8 Å². The van der Waals surface area contributed by atoms with Gasteiger partial charge in [0, 0.05) is 11.6 Å². The molecule has 0 N–H and O–H groups in total. The first-order valence-electron chi connectivity index (χ1n) is 7.25. The smallest absolute Gasteiger partial charge is 0.0793 e. The molecule has 102 valence electrons. The van der Waals surface area contributed by atoms with Crippen molar-refractivity contribution in [2.45, 2.75) is 44.9 Å². The molecule has 0 aliphatic heterocycles. The minimum absolute atomic E-state index is 0.385. The van der Waals surface area contributed by atoms with Crippen LogP contribution in [0.2, 0.25) is 0 Å². The van der Waals surface area contributed by atoms with Crippen molar-refractivity contribution in [3.63, 3.8) is 0 Å². The first kappa shape index (κ1) is 12.9. The minimum Gasteiger partial charge on any atom is -0.237 e. The van der Waals surface area contributed by atoms with Gasteiger partial charge in [0.2, 0.25) is 0 Å². The van der Waals surface area contributed by atoms with Crippen molar-refractivity contribution in [1.29, 1.82) is 5.26 Å². The molecule has 20 heavy (non-hydrogen) atoms. The molecule has 1 aliphatic rings. The molecule has 0 bridgehead atoms. The molecule has 0 radical (unpaired) electrons. The van der Waals surface area contributed by atoms with Gasteiger partial charge in [-0.2, -0.15) is 10.4 Å². The van der Waals surface area contributed by atoms with Crippen molar-refractivity contribution in [2.24, 2.45) is 0 Å². The Morgan fingerprint density at radius 1 is 1.35 bits per heavy atom. The van der Waals surface area contributed by atoms with Gasteiger partial charge in [-0.15, -0.1) is 0 Å². The fourth-order valence-electron chi connectivity index (χ4n) is 2.65. The Labute approximate surface area is 119 Å². The molecule has 3 heteroatoms. The quantitative estimate of drug-likeness (QED) is 0.840. The van der Waals surface area contributed by atoms with Gasteiger partial charge in [0.15, 0.2) is 0 Å². The van der Waals surface area contributed by atoms with Crippen LogP contribution in [0.5, 0.6) is 0 Å². The van der Waals surface area contributed by atoms with Gasteiger partial charge in [-0.1, -0.05) is 32.0 Å². The second kappa shape index (κ2) is 5.13. The van der Waals surface area contributed by atoms with Gasteiger partial charge in [0.05, 0.1) is 23.9 Å². The Balaban J connectivity index is 2.11. The maximum absolute atomic E-state index is 8.89. The number of para-hydroxylation sites is 1. The van der Waals surface area contributed by atoms with E-state index in [0.717, 1.165) is 11.4 Å². The largest absolute Gasteiger partial charge is 0.237 e. The van der Waals surface area contributed by atoms with E-state index >= 15 is 0 Å². The zero-order chi connectivity index (χ0) is 14.1. The molecule has 2 aromatic rings. The van der Waals surface area contributed by atoms with E-state index in [1.807, 2.05) is 0 Å². The summed E-state index contributed by atoms with van der Waals surface area (Å²) in [7, 11) is 0. The molecule has 3 nitrogen and oxygen atoms in total. The van der Waals surface area contributed by atoms with E-state index in [0.29, 0.717) is 18.3 Å². The topological polar surface area (TPSA) is 41.6 Å². The lowest BCUT2D eigenvalue weighted by molar-refractivity contribution is 0.763. The van der Waals surface area contributed by atoms with Crippen LogP contribution < -0.4 is 0 Å². The predicted molar refractivity (Wildman–Crippen MR) is 78.9 cm³/mol. The van der Waals surface area contributed by atoms with E-state index in [4.69, 9.17) is 5.26 Å². The number of rotatable bonds is 4. The van der Waals surface area contributed by atoms with Gasteiger partial charge < -0.3 is 0 Å². The molecule has 1 fully saturated rings. The van der Waals surface area contributed by atoms with Gasteiger partial charge in [-0.05, 0) is 36.5 Å². The maximum Gasteiger partial charge on any atom is 0.0793 e. The third kappa shape index (κ3) is 2.34. The molecule has 1 heterocycles. The second-order valence-corrected chi connectivity index (χ2v) is 5.80. The van der Waals surface area contributed by atoms with Crippen LogP contribution >= 0.6 is 0 Å². The number of hydrogen-bond acceptors (Lipinski definition) is 2. The lowest BCUT2D eigenvalue weighted by Gasteiger charge is -2.14. The standard InChI is InChI=1S/C17H19N3/c1-12(2)15-5-3-4-6-16(15)20-17(13-7-8-13)11-14(19-20)9-10-18/h3-6,11-13H,7-9H2,1-2H3. The molecule has 1 aliphatic carbocycles. The monoisotopic (exact) mass is 265 g/mol. The van der Waals surface area contributed by atoms with E-state index in [-0.39, 0.29) is 0 Å². The molecule has 3 rings (SSSR count). The van der Waals surface area contributed by atoms with Crippen LogP contribution in [0.15, 0.2) is 30.3 Å². The summed E-state index contributed by atoms with van der Waals surface area (Å²) in [5.74, 6) is 1.08. The Hall–Kier alpha value is -2.08. The van der Waals surface area contributed by atoms with E-state index in [2.05, 4.69) is 60.0 Å². The number of nitriles is 1. The molecule has 0 saturated heterocycles. The van der Waals surface area contributed by atoms with E-state index in [1.165, 1.54) is 24.1 Å². The lowest BCUT2D eigenvalue weighted by atomic mass is 10.0. The predicted octanol–water partition coefficient (Wildman–Crippen LogP) is 3.94. The van der Waals surface area contributed by atoms with Crippen LogP contribution in [-0.2, 0) is 6.42 Å². The molecule has 1 aromatic carbocycles. The normalized spacial score (nSPS) is 14.5. The number of aromatic nitrogens is 2. The van der Waals surface area contributed by atoms with E-state index < -0.39 is 0 Å². The van der Waals surface area contributed by atoms with Gasteiger partial charge in [0.25, 0.3) is 0 Å². The second-order valence-electron chi connectivity index (χ2n) is 5.80. The van der Waals surface area contributed by atoms with Crippen LogP contribution in [0.25, 0.3) is 5.69 Å². The summed E-state index contributed by atoms with van der Waals surface area (Å²) < 4.78 is 2.07. The Kier molecular flexibility index (Phi) is 3.31. The summed E-state index contributed by atoms with van der Waals surface area (Å²) >= 11 is 0. The summed E-state index contributed by atoms with van der Waals surface area (Å²) in [5.41, 5.74) is 4.62. The average molecular weight is 265 g/mol. The third-order valence-electron chi connectivity index (χ3n) is 3.83. The molecular weight excluding hydrogens is 246 g/mol. The van der Waals surface area contributed by atoms with Crippen molar-refractivity contribution in [1.82, 2.24) is 9.78 Å². The average Bonchev–Trinajstić information content (AvgIpc) is 3.20. The van der Waals surface area contributed by atoms with Crippen molar-refractivity contribution >= 4 is 0 Å². The third-order valence-corrected chi connectivity index (χ3v) is 3.83. The summed E-state index contributed by atoms with van der Waals surface area (Å²) in [6.07, 6.45) is 2.86. The highest BCUT2D eigenvalue weighted by molar-refractivity contribution is 5.44. The van der Waals surface area contributed by atoms with Gasteiger partial charge in [-0.25, -0.2) is 4.68 Å². The number of nitrogens with zero attached hydrogens (tertiary/aromatic N) is 3. The van der Waals surface area contributed by atoms with Crippen LogP contribution in [0, 0.1) is 11.3 Å². The highest BCUT2D eigenvalue weighted by atomic mass is 15.3. The van der Waals surface area contributed by atoms with Gasteiger partial charge in [-0.3, -0.25) is 0 Å². The van der Waals surface area contributed by atoms with E-state index in [1.54, 1.807) is 0 Å². The van der Waals surface area contributed by atoms with Crippen molar-refractivity contribution in [3.05, 3.63) is 47.3 Å².